The van der Waals surface area contributed by atoms with Gasteiger partial charge in [0.05, 0.1) is 32.3 Å². The van der Waals surface area contributed by atoms with E-state index in [1.165, 1.54) is 0 Å². The summed E-state index contributed by atoms with van der Waals surface area (Å²) in [6.07, 6.45) is 1.18. The predicted molar refractivity (Wildman–Crippen MR) is 60.7 cm³/mol. The fourth-order valence-corrected chi connectivity index (χ4v) is 2.41. The van der Waals surface area contributed by atoms with Crippen molar-refractivity contribution in [1.82, 2.24) is 0 Å². The number of carbonyl (C=O) groups excluding carboxylic acids is 1. The lowest BCUT2D eigenvalue weighted by Gasteiger charge is -2.33. The number of carbonyl (C=O) groups is 1. The number of fused-ring (bicyclic) bond motifs is 1. The molecule has 2 aliphatic heterocycles. The lowest BCUT2D eigenvalue weighted by molar-refractivity contribution is 0.0304. The topological polar surface area (TPSA) is 44.8 Å². The molecular weight excluding hydrogens is 220 g/mol. The Morgan fingerprint density at radius 1 is 1.41 bits per heavy atom. The number of ether oxygens (including phenoxy) is 3. The Morgan fingerprint density at radius 2 is 2.29 bits per heavy atom. The van der Waals surface area contributed by atoms with Gasteiger partial charge in [-0.25, -0.2) is 0 Å². The van der Waals surface area contributed by atoms with Crippen molar-refractivity contribution < 1.29 is 19.0 Å². The summed E-state index contributed by atoms with van der Waals surface area (Å²) in [4.78, 5) is 12.1. The summed E-state index contributed by atoms with van der Waals surface area (Å²) in [5.74, 6) is 1.44. The van der Waals surface area contributed by atoms with Crippen molar-refractivity contribution in [2.75, 3.05) is 20.3 Å². The monoisotopic (exact) mass is 234 g/mol. The van der Waals surface area contributed by atoms with Gasteiger partial charge >= 0.3 is 0 Å². The van der Waals surface area contributed by atoms with E-state index in [-0.39, 0.29) is 5.78 Å². The van der Waals surface area contributed by atoms with Crippen molar-refractivity contribution in [3.8, 4) is 11.5 Å². The molecule has 4 heteroatoms. The van der Waals surface area contributed by atoms with Gasteiger partial charge in [0.2, 0.25) is 0 Å². The van der Waals surface area contributed by atoms with Crippen molar-refractivity contribution >= 4 is 5.78 Å². The van der Waals surface area contributed by atoms with Gasteiger partial charge in [0.1, 0.15) is 17.1 Å². The first-order chi connectivity index (χ1) is 8.22. The van der Waals surface area contributed by atoms with Crippen LogP contribution in [0.25, 0.3) is 0 Å². The van der Waals surface area contributed by atoms with Gasteiger partial charge in [-0.3, -0.25) is 4.79 Å². The van der Waals surface area contributed by atoms with E-state index in [9.17, 15) is 4.79 Å². The van der Waals surface area contributed by atoms with Crippen molar-refractivity contribution in [2.24, 2.45) is 0 Å². The molecule has 0 saturated carbocycles. The van der Waals surface area contributed by atoms with Gasteiger partial charge in [-0.05, 0) is 12.1 Å². The second-order valence-corrected chi connectivity index (χ2v) is 4.55. The van der Waals surface area contributed by atoms with E-state index in [2.05, 4.69) is 0 Å². The number of hydrogen-bond donors (Lipinski definition) is 0. The molecule has 0 radical (unpaired) electrons. The van der Waals surface area contributed by atoms with E-state index in [4.69, 9.17) is 14.2 Å². The number of ketones is 1. The van der Waals surface area contributed by atoms with E-state index in [0.717, 1.165) is 6.42 Å². The second-order valence-electron chi connectivity index (χ2n) is 4.55. The third kappa shape index (κ3) is 1.69. The second kappa shape index (κ2) is 3.74. The minimum Gasteiger partial charge on any atom is -0.497 e. The molecule has 0 N–H and O–H groups in total. The Balaban J connectivity index is 2.00. The van der Waals surface area contributed by atoms with Crippen molar-refractivity contribution in [3.05, 3.63) is 23.8 Å². The zero-order valence-electron chi connectivity index (χ0n) is 9.69. The molecule has 1 saturated heterocycles. The Bertz CT molecular complexity index is 460. The lowest BCUT2D eigenvalue weighted by Crippen LogP contribution is -2.42. The molecule has 0 amide bonds. The molecule has 17 heavy (non-hydrogen) atoms. The van der Waals surface area contributed by atoms with Crippen LogP contribution < -0.4 is 9.47 Å². The van der Waals surface area contributed by atoms with E-state index in [0.29, 0.717) is 36.7 Å². The highest BCUT2D eigenvalue weighted by molar-refractivity contribution is 6.00. The van der Waals surface area contributed by atoms with Gasteiger partial charge in [-0.2, -0.15) is 0 Å². The zero-order chi connectivity index (χ0) is 11.9. The smallest absolute Gasteiger partial charge is 0.170 e. The lowest BCUT2D eigenvalue weighted by atomic mass is 9.89. The van der Waals surface area contributed by atoms with Crippen LogP contribution in [0.4, 0.5) is 0 Å². The van der Waals surface area contributed by atoms with Crippen LogP contribution >= 0.6 is 0 Å². The number of benzene rings is 1. The Hall–Kier alpha value is -1.55. The van der Waals surface area contributed by atoms with Crippen LogP contribution in [0.3, 0.4) is 0 Å². The van der Waals surface area contributed by atoms with Crippen molar-refractivity contribution in [3.63, 3.8) is 0 Å². The zero-order valence-corrected chi connectivity index (χ0v) is 9.69. The maximum absolute atomic E-state index is 12.1. The molecule has 1 aromatic carbocycles. The van der Waals surface area contributed by atoms with E-state index in [1.807, 2.05) is 0 Å². The van der Waals surface area contributed by atoms with Crippen LogP contribution in [-0.2, 0) is 4.74 Å². The first-order valence-corrected chi connectivity index (χ1v) is 5.70. The Kier molecular flexibility index (Phi) is 2.33. The molecule has 2 heterocycles. The molecule has 0 aromatic heterocycles. The molecule has 1 fully saturated rings. The highest BCUT2D eigenvalue weighted by Gasteiger charge is 2.43. The van der Waals surface area contributed by atoms with Gasteiger partial charge in [-0.1, -0.05) is 0 Å². The third-order valence-electron chi connectivity index (χ3n) is 3.37. The van der Waals surface area contributed by atoms with Crippen LogP contribution in [0.15, 0.2) is 18.2 Å². The average Bonchev–Trinajstić information content (AvgIpc) is 2.76. The van der Waals surface area contributed by atoms with Crippen molar-refractivity contribution in [2.45, 2.75) is 18.4 Å². The van der Waals surface area contributed by atoms with Gasteiger partial charge in [-0.15, -0.1) is 0 Å². The van der Waals surface area contributed by atoms with Crippen LogP contribution in [0.5, 0.6) is 11.5 Å². The molecule has 1 aromatic rings. The predicted octanol–water partition coefficient (Wildman–Crippen LogP) is 1.82. The molecule has 3 rings (SSSR count). The van der Waals surface area contributed by atoms with Gasteiger partial charge in [0, 0.05) is 12.5 Å². The summed E-state index contributed by atoms with van der Waals surface area (Å²) in [7, 11) is 1.60. The van der Waals surface area contributed by atoms with E-state index >= 15 is 0 Å². The maximum atomic E-state index is 12.1. The molecule has 0 bridgehead atoms. The molecule has 0 unspecified atom stereocenters. The first-order valence-electron chi connectivity index (χ1n) is 5.70. The standard InChI is InChI=1S/C13H14O4/c1-15-9-2-3-10-11(14)7-13(4-5-16-8-13)17-12(10)6-9/h2-3,6H,4-5,7-8H2,1H3/t13-/m1/s1. The van der Waals surface area contributed by atoms with Gasteiger partial charge in [0.25, 0.3) is 0 Å². The fourth-order valence-electron chi connectivity index (χ4n) is 2.41. The number of methoxy groups -OCH3 is 1. The summed E-state index contributed by atoms with van der Waals surface area (Å²) in [5, 5.41) is 0. The number of Topliss-reactive ketones (excluding diaryl/α,β-unsaturated/α-hetero) is 1. The minimum absolute atomic E-state index is 0.124. The largest absolute Gasteiger partial charge is 0.497 e. The Labute approximate surface area is 99.5 Å². The summed E-state index contributed by atoms with van der Waals surface area (Å²) in [5.41, 5.74) is 0.194. The summed E-state index contributed by atoms with van der Waals surface area (Å²) in [6, 6.07) is 5.31. The van der Waals surface area contributed by atoms with Crippen LogP contribution in [-0.4, -0.2) is 31.7 Å². The SMILES string of the molecule is COc1ccc2c(c1)O[C@]1(CCOC1)CC2=O. The van der Waals surface area contributed by atoms with E-state index in [1.54, 1.807) is 25.3 Å². The minimum atomic E-state index is -0.448. The maximum Gasteiger partial charge on any atom is 0.170 e. The summed E-state index contributed by atoms with van der Waals surface area (Å²) < 4.78 is 16.5. The summed E-state index contributed by atoms with van der Waals surface area (Å²) in [6.45, 7) is 1.15. The summed E-state index contributed by atoms with van der Waals surface area (Å²) >= 11 is 0. The molecular formula is C13H14O4. The van der Waals surface area contributed by atoms with Gasteiger partial charge < -0.3 is 14.2 Å². The Morgan fingerprint density at radius 3 is 3.00 bits per heavy atom. The molecule has 0 aliphatic carbocycles. The molecule has 90 valence electrons. The van der Waals surface area contributed by atoms with Crippen molar-refractivity contribution in [1.29, 1.82) is 0 Å². The highest BCUT2D eigenvalue weighted by atomic mass is 16.6. The quantitative estimate of drug-likeness (QED) is 0.743. The van der Waals surface area contributed by atoms with Crippen LogP contribution in [0.2, 0.25) is 0 Å². The molecule has 4 nitrogen and oxygen atoms in total. The highest BCUT2D eigenvalue weighted by Crippen LogP contribution is 2.39. The molecule has 1 atom stereocenters. The first kappa shape index (κ1) is 10.6. The third-order valence-corrected chi connectivity index (χ3v) is 3.37. The van der Waals surface area contributed by atoms with Crippen LogP contribution in [0, 0.1) is 0 Å². The van der Waals surface area contributed by atoms with Gasteiger partial charge in [0.15, 0.2) is 5.78 Å². The molecule has 1 spiro atoms. The molecule has 2 aliphatic rings. The van der Waals surface area contributed by atoms with E-state index < -0.39 is 5.60 Å². The number of hydrogen-bond acceptors (Lipinski definition) is 4. The fraction of sp³-hybridized carbons (Fsp3) is 0.462. The average molecular weight is 234 g/mol. The number of rotatable bonds is 1. The van der Waals surface area contributed by atoms with Crippen LogP contribution in [0.1, 0.15) is 23.2 Å². The normalized spacial score (nSPS) is 26.8.